The molecule has 0 spiro atoms. The van der Waals surface area contributed by atoms with Crippen molar-refractivity contribution in [1.29, 1.82) is 0 Å². The summed E-state index contributed by atoms with van der Waals surface area (Å²) in [6, 6.07) is 7.85. The normalized spacial score (nSPS) is 17.0. The number of anilines is 1. The van der Waals surface area contributed by atoms with Gasteiger partial charge in [-0.1, -0.05) is 26.0 Å². The molecule has 0 radical (unpaired) electrons. The highest BCUT2D eigenvalue weighted by Gasteiger charge is 2.16. The lowest BCUT2D eigenvalue weighted by atomic mass is 10.1. The predicted molar refractivity (Wildman–Crippen MR) is 103 cm³/mol. The topological polar surface area (TPSA) is 70.2 Å². The van der Waals surface area contributed by atoms with E-state index in [9.17, 15) is 9.59 Å². The van der Waals surface area contributed by atoms with Crippen LogP contribution in [0.5, 0.6) is 0 Å². The molecule has 1 aliphatic rings. The lowest BCUT2D eigenvalue weighted by Crippen LogP contribution is -2.41. The summed E-state index contributed by atoms with van der Waals surface area (Å²) in [5, 5.41) is 9.16. The average molecular weight is 372 g/mol. The van der Waals surface area contributed by atoms with Gasteiger partial charge in [0.1, 0.15) is 0 Å². The standard InChI is InChI=1S/C17H25N3O2S.ClH/c1-12(2)17(22)20-14-5-3-13(4-6-14)10-19-16(21)9-15-11-23-8-7-18-15;/h3-6,12,15,18H,7-11H2,1-2H3,(H,19,21)(H,20,22);1H. The summed E-state index contributed by atoms with van der Waals surface area (Å²) >= 11 is 1.89. The van der Waals surface area contributed by atoms with E-state index in [1.807, 2.05) is 49.9 Å². The lowest BCUT2D eigenvalue weighted by molar-refractivity contribution is -0.121. The van der Waals surface area contributed by atoms with E-state index in [4.69, 9.17) is 0 Å². The zero-order valence-electron chi connectivity index (χ0n) is 14.1. The molecule has 7 heteroatoms. The summed E-state index contributed by atoms with van der Waals surface area (Å²) < 4.78 is 0. The summed E-state index contributed by atoms with van der Waals surface area (Å²) in [5.74, 6) is 2.15. The highest BCUT2D eigenvalue weighted by Crippen LogP contribution is 2.12. The summed E-state index contributed by atoms with van der Waals surface area (Å²) in [4.78, 5) is 23.6. The van der Waals surface area contributed by atoms with Crippen molar-refractivity contribution in [1.82, 2.24) is 10.6 Å². The fraction of sp³-hybridized carbons (Fsp3) is 0.529. The van der Waals surface area contributed by atoms with Crippen molar-refractivity contribution in [2.45, 2.75) is 32.9 Å². The van der Waals surface area contributed by atoms with Crippen molar-refractivity contribution in [3.05, 3.63) is 29.8 Å². The number of hydrogen-bond acceptors (Lipinski definition) is 4. The Kier molecular flexibility index (Phi) is 9.18. The number of nitrogens with one attached hydrogen (secondary N) is 3. The Morgan fingerprint density at radius 1 is 1.29 bits per heavy atom. The number of carbonyl (C=O) groups is 2. The minimum atomic E-state index is -0.0412. The van der Waals surface area contributed by atoms with E-state index >= 15 is 0 Å². The molecule has 1 heterocycles. The Morgan fingerprint density at radius 2 is 2.00 bits per heavy atom. The molecule has 1 aromatic carbocycles. The molecule has 1 aromatic rings. The zero-order valence-corrected chi connectivity index (χ0v) is 15.8. The van der Waals surface area contributed by atoms with Gasteiger partial charge in [0, 0.05) is 48.7 Å². The number of amides is 2. The highest BCUT2D eigenvalue weighted by molar-refractivity contribution is 7.99. The van der Waals surface area contributed by atoms with Crippen LogP contribution in [0.1, 0.15) is 25.8 Å². The summed E-state index contributed by atoms with van der Waals surface area (Å²) in [6.07, 6.45) is 0.523. The van der Waals surface area contributed by atoms with Gasteiger partial charge in [0.2, 0.25) is 11.8 Å². The minimum Gasteiger partial charge on any atom is -0.352 e. The number of carbonyl (C=O) groups excluding carboxylic acids is 2. The van der Waals surface area contributed by atoms with Crippen LogP contribution in [0.15, 0.2) is 24.3 Å². The maximum atomic E-state index is 12.0. The van der Waals surface area contributed by atoms with E-state index in [0.29, 0.717) is 13.0 Å². The van der Waals surface area contributed by atoms with Crippen molar-refractivity contribution in [3.8, 4) is 0 Å². The van der Waals surface area contributed by atoms with Gasteiger partial charge in [-0.05, 0) is 17.7 Å². The molecule has 134 valence electrons. The van der Waals surface area contributed by atoms with E-state index in [2.05, 4.69) is 16.0 Å². The van der Waals surface area contributed by atoms with E-state index in [1.54, 1.807) is 0 Å². The molecule has 5 nitrogen and oxygen atoms in total. The van der Waals surface area contributed by atoms with E-state index in [0.717, 1.165) is 29.3 Å². The summed E-state index contributed by atoms with van der Waals surface area (Å²) in [6.45, 7) is 5.21. The van der Waals surface area contributed by atoms with E-state index < -0.39 is 0 Å². The molecule has 0 bridgehead atoms. The smallest absolute Gasteiger partial charge is 0.226 e. The van der Waals surface area contributed by atoms with Crippen LogP contribution < -0.4 is 16.0 Å². The monoisotopic (exact) mass is 371 g/mol. The molecule has 1 atom stereocenters. The van der Waals surface area contributed by atoms with Crippen molar-refractivity contribution in [3.63, 3.8) is 0 Å². The van der Waals surface area contributed by atoms with Gasteiger partial charge in [-0.25, -0.2) is 0 Å². The molecule has 2 amide bonds. The van der Waals surface area contributed by atoms with Crippen LogP contribution in [0.2, 0.25) is 0 Å². The van der Waals surface area contributed by atoms with Gasteiger partial charge in [-0.2, -0.15) is 11.8 Å². The Labute approximate surface area is 154 Å². The Bertz CT molecular complexity index is 531. The second-order valence-electron chi connectivity index (χ2n) is 6.05. The van der Waals surface area contributed by atoms with Gasteiger partial charge in [-0.3, -0.25) is 9.59 Å². The first-order valence-electron chi connectivity index (χ1n) is 8.02. The van der Waals surface area contributed by atoms with Gasteiger partial charge in [0.15, 0.2) is 0 Å². The number of thioether (sulfide) groups is 1. The average Bonchev–Trinajstić information content (AvgIpc) is 2.55. The first kappa shape index (κ1) is 20.8. The fourth-order valence-corrected chi connectivity index (χ4v) is 3.19. The van der Waals surface area contributed by atoms with Gasteiger partial charge < -0.3 is 16.0 Å². The molecule has 24 heavy (non-hydrogen) atoms. The van der Waals surface area contributed by atoms with Crippen LogP contribution in [0, 0.1) is 5.92 Å². The van der Waals surface area contributed by atoms with Crippen molar-refractivity contribution in [2.75, 3.05) is 23.4 Å². The zero-order chi connectivity index (χ0) is 16.7. The van der Waals surface area contributed by atoms with E-state index in [-0.39, 0.29) is 36.2 Å². The number of rotatable bonds is 6. The molecule has 1 fully saturated rings. The molecule has 2 rings (SSSR count). The molecule has 0 saturated carbocycles. The van der Waals surface area contributed by atoms with Crippen molar-refractivity contribution < 1.29 is 9.59 Å². The number of benzene rings is 1. The SMILES string of the molecule is CC(C)C(=O)Nc1ccc(CNC(=O)CC2CSCCN2)cc1.Cl. The third-order valence-corrected chi connectivity index (χ3v) is 4.80. The first-order valence-corrected chi connectivity index (χ1v) is 9.17. The van der Waals surface area contributed by atoms with Gasteiger partial charge in [0.05, 0.1) is 0 Å². The maximum absolute atomic E-state index is 12.0. The molecular formula is C17H26ClN3O2S. The second kappa shape index (κ2) is 10.6. The molecule has 1 aliphatic heterocycles. The Hall–Kier alpha value is -1.24. The van der Waals surface area contributed by atoms with Crippen LogP contribution in [0.4, 0.5) is 5.69 Å². The summed E-state index contributed by atoms with van der Waals surface area (Å²) in [5.41, 5.74) is 1.80. The number of hydrogen-bond donors (Lipinski definition) is 3. The molecule has 3 N–H and O–H groups in total. The molecule has 0 aromatic heterocycles. The number of halogens is 1. The maximum Gasteiger partial charge on any atom is 0.226 e. The van der Waals surface area contributed by atoms with Crippen molar-refractivity contribution in [2.24, 2.45) is 5.92 Å². The third-order valence-electron chi connectivity index (χ3n) is 3.67. The second-order valence-corrected chi connectivity index (χ2v) is 7.20. The quantitative estimate of drug-likeness (QED) is 0.718. The molecule has 1 saturated heterocycles. The van der Waals surface area contributed by atoms with Gasteiger partial charge in [-0.15, -0.1) is 12.4 Å². The molecule has 0 aliphatic carbocycles. The fourth-order valence-electron chi connectivity index (χ4n) is 2.24. The first-order chi connectivity index (χ1) is 11.0. The van der Waals surface area contributed by atoms with Crippen LogP contribution in [0.3, 0.4) is 0 Å². The summed E-state index contributed by atoms with van der Waals surface area (Å²) in [7, 11) is 0. The minimum absolute atomic E-state index is 0. The van der Waals surface area contributed by atoms with E-state index in [1.165, 1.54) is 0 Å². The molecule has 1 unspecified atom stereocenters. The lowest BCUT2D eigenvalue weighted by Gasteiger charge is -2.22. The molecular weight excluding hydrogens is 346 g/mol. The Morgan fingerprint density at radius 3 is 2.58 bits per heavy atom. The largest absolute Gasteiger partial charge is 0.352 e. The predicted octanol–water partition coefficient (Wildman–Crippen LogP) is 2.41. The third kappa shape index (κ3) is 7.11. The van der Waals surface area contributed by atoms with Gasteiger partial charge >= 0.3 is 0 Å². The Balaban J connectivity index is 0.00000288. The van der Waals surface area contributed by atoms with Crippen LogP contribution in [0.25, 0.3) is 0 Å². The van der Waals surface area contributed by atoms with Crippen molar-refractivity contribution >= 4 is 41.7 Å². The van der Waals surface area contributed by atoms with Crippen LogP contribution in [-0.4, -0.2) is 35.9 Å². The van der Waals surface area contributed by atoms with Crippen LogP contribution >= 0.6 is 24.2 Å². The van der Waals surface area contributed by atoms with Crippen LogP contribution in [-0.2, 0) is 16.1 Å². The highest BCUT2D eigenvalue weighted by atomic mass is 35.5. The van der Waals surface area contributed by atoms with Gasteiger partial charge in [0.25, 0.3) is 0 Å².